The molecule has 2 N–H and O–H groups in total. The molecule has 2 rings (SSSR count). The van der Waals surface area contributed by atoms with Crippen LogP contribution in [0.25, 0.3) is 0 Å². The fourth-order valence-electron chi connectivity index (χ4n) is 1.54. The predicted molar refractivity (Wildman–Crippen MR) is 88.7 cm³/mol. The van der Waals surface area contributed by atoms with Crippen molar-refractivity contribution in [3.63, 3.8) is 0 Å². The molecule has 2 heterocycles. The molecule has 1 amide bonds. The molecule has 10 heteroatoms. The molecule has 1 atom stereocenters. The molecule has 6 nitrogen and oxygen atoms in total. The summed E-state index contributed by atoms with van der Waals surface area (Å²) < 4.78 is 4.85. The number of carbonyl (C=O) groups is 2. The highest BCUT2D eigenvalue weighted by Crippen LogP contribution is 2.12. The van der Waals surface area contributed by atoms with Crippen LogP contribution in [0.5, 0.6) is 0 Å². The number of aromatic nitrogens is 1. The van der Waals surface area contributed by atoms with E-state index in [1.165, 1.54) is 11.3 Å². The number of esters is 1. The lowest BCUT2D eigenvalue weighted by atomic mass is 10.3. The smallest absolute Gasteiger partial charge is 0.357 e. The van der Waals surface area contributed by atoms with E-state index in [0.29, 0.717) is 23.9 Å². The number of hydrogen-bond donors (Lipinski definition) is 2. The van der Waals surface area contributed by atoms with Crippen molar-refractivity contribution in [2.45, 2.75) is 19.5 Å². The molecule has 0 aliphatic carbocycles. The summed E-state index contributed by atoms with van der Waals surface area (Å²) in [5, 5.41) is 8.24. The zero-order chi connectivity index (χ0) is 13.7. The first-order valence-corrected chi connectivity index (χ1v) is 7.94. The molecular formula is C11H17Cl2N3O3S2. The normalized spacial score (nSPS) is 16.5. The van der Waals surface area contributed by atoms with Crippen molar-refractivity contribution < 1.29 is 14.3 Å². The van der Waals surface area contributed by atoms with Gasteiger partial charge in [0.2, 0.25) is 5.91 Å². The predicted octanol–water partition coefficient (Wildman–Crippen LogP) is 1.44. The fourth-order valence-corrected chi connectivity index (χ4v) is 3.19. The maximum Gasteiger partial charge on any atom is 0.357 e. The van der Waals surface area contributed by atoms with Crippen molar-refractivity contribution in [2.24, 2.45) is 0 Å². The highest BCUT2D eigenvalue weighted by atomic mass is 35.5. The average Bonchev–Trinajstić information content (AvgIpc) is 3.07. The number of nitrogens with one attached hydrogen (secondary N) is 2. The Morgan fingerprint density at radius 2 is 2.29 bits per heavy atom. The first kappa shape index (κ1) is 20.5. The van der Waals surface area contributed by atoms with Gasteiger partial charge in [0.15, 0.2) is 5.69 Å². The number of thiazole rings is 1. The fraction of sp³-hybridized carbons (Fsp3) is 0.545. The quantitative estimate of drug-likeness (QED) is 0.760. The summed E-state index contributed by atoms with van der Waals surface area (Å²) in [6, 6.07) is -0.130. The van der Waals surface area contributed by atoms with Gasteiger partial charge in [-0.1, -0.05) is 0 Å². The van der Waals surface area contributed by atoms with Gasteiger partial charge in [0.25, 0.3) is 0 Å². The van der Waals surface area contributed by atoms with Crippen molar-refractivity contribution in [1.29, 1.82) is 0 Å². The molecule has 1 aliphatic rings. The molecule has 1 saturated heterocycles. The number of carbonyl (C=O) groups excluding carboxylic acids is 2. The molecule has 21 heavy (non-hydrogen) atoms. The van der Waals surface area contributed by atoms with E-state index in [4.69, 9.17) is 4.74 Å². The van der Waals surface area contributed by atoms with E-state index in [0.717, 1.165) is 11.6 Å². The molecule has 0 bridgehead atoms. The first-order chi connectivity index (χ1) is 9.20. The SMILES string of the molecule is CCOC(=O)c1csc(CNC(=O)C2CSCN2)n1.Cl.Cl. The standard InChI is InChI=1S/C11H15N3O3S2.2ClH/c1-2-17-11(16)8-5-19-9(14-8)3-12-10(15)7-4-18-6-13-7;;/h5,7,13H,2-4,6H2,1H3,(H,12,15);2*1H. The molecule has 0 spiro atoms. The Morgan fingerprint density at radius 3 is 2.90 bits per heavy atom. The van der Waals surface area contributed by atoms with Crippen molar-refractivity contribution >= 4 is 59.8 Å². The van der Waals surface area contributed by atoms with Crippen LogP contribution >= 0.6 is 47.9 Å². The van der Waals surface area contributed by atoms with Crippen LogP contribution in [-0.4, -0.2) is 41.1 Å². The van der Waals surface area contributed by atoms with Crippen molar-refractivity contribution in [1.82, 2.24) is 15.6 Å². The van der Waals surface area contributed by atoms with Crippen LogP contribution in [0.4, 0.5) is 0 Å². The largest absolute Gasteiger partial charge is 0.461 e. The highest BCUT2D eigenvalue weighted by molar-refractivity contribution is 7.99. The summed E-state index contributed by atoms with van der Waals surface area (Å²) in [4.78, 5) is 27.3. The Hall–Kier alpha value is -0.540. The van der Waals surface area contributed by atoms with Crippen LogP contribution in [0.15, 0.2) is 5.38 Å². The van der Waals surface area contributed by atoms with E-state index in [9.17, 15) is 9.59 Å². The Bertz CT molecular complexity index is 467. The third kappa shape index (κ3) is 5.99. The number of hydrogen-bond acceptors (Lipinski definition) is 7. The average molecular weight is 374 g/mol. The number of ether oxygens (including phenoxy) is 1. The summed E-state index contributed by atoms with van der Waals surface area (Å²) in [6.07, 6.45) is 0. The maximum atomic E-state index is 11.8. The Labute approximate surface area is 143 Å². The zero-order valence-electron chi connectivity index (χ0n) is 11.3. The van der Waals surface area contributed by atoms with Crippen LogP contribution in [0.2, 0.25) is 0 Å². The third-order valence-electron chi connectivity index (χ3n) is 2.48. The molecule has 1 fully saturated rings. The van der Waals surface area contributed by atoms with E-state index in [2.05, 4.69) is 15.6 Å². The zero-order valence-corrected chi connectivity index (χ0v) is 14.6. The molecule has 1 aromatic heterocycles. The molecule has 1 unspecified atom stereocenters. The monoisotopic (exact) mass is 373 g/mol. The lowest BCUT2D eigenvalue weighted by molar-refractivity contribution is -0.122. The van der Waals surface area contributed by atoms with Crippen molar-refractivity contribution in [2.75, 3.05) is 18.2 Å². The number of thioether (sulfide) groups is 1. The summed E-state index contributed by atoms with van der Waals surface area (Å²) in [6.45, 7) is 2.41. The second kappa shape index (κ2) is 10.2. The summed E-state index contributed by atoms with van der Waals surface area (Å²) in [5.74, 6) is 1.14. The van der Waals surface area contributed by atoms with Crippen LogP contribution < -0.4 is 10.6 Å². The second-order valence-corrected chi connectivity index (χ2v) is 5.81. The summed E-state index contributed by atoms with van der Waals surface area (Å²) in [5.41, 5.74) is 0.297. The number of rotatable bonds is 5. The summed E-state index contributed by atoms with van der Waals surface area (Å²) in [7, 11) is 0. The molecule has 0 aromatic carbocycles. The van der Waals surface area contributed by atoms with Crippen LogP contribution in [0.3, 0.4) is 0 Å². The van der Waals surface area contributed by atoms with E-state index >= 15 is 0 Å². The first-order valence-electron chi connectivity index (χ1n) is 5.91. The Morgan fingerprint density at radius 1 is 1.52 bits per heavy atom. The number of halogens is 2. The minimum atomic E-state index is -0.426. The van der Waals surface area contributed by atoms with Gasteiger partial charge in [0, 0.05) is 17.0 Å². The molecular weight excluding hydrogens is 357 g/mol. The minimum absolute atomic E-state index is 0. The minimum Gasteiger partial charge on any atom is -0.461 e. The van der Waals surface area contributed by atoms with Gasteiger partial charge >= 0.3 is 5.97 Å². The van der Waals surface area contributed by atoms with Crippen LogP contribution in [-0.2, 0) is 16.1 Å². The van der Waals surface area contributed by atoms with E-state index in [1.807, 2.05) is 0 Å². The van der Waals surface area contributed by atoms with E-state index in [1.54, 1.807) is 24.1 Å². The van der Waals surface area contributed by atoms with Gasteiger partial charge in [-0.3, -0.25) is 10.1 Å². The van der Waals surface area contributed by atoms with Crippen LogP contribution in [0.1, 0.15) is 22.4 Å². The molecule has 1 aliphatic heterocycles. The van der Waals surface area contributed by atoms with Gasteiger partial charge in [-0.25, -0.2) is 9.78 Å². The van der Waals surface area contributed by atoms with Gasteiger partial charge < -0.3 is 10.1 Å². The van der Waals surface area contributed by atoms with Gasteiger partial charge in [-0.05, 0) is 6.92 Å². The molecule has 0 saturated carbocycles. The van der Waals surface area contributed by atoms with Gasteiger partial charge in [-0.2, -0.15) is 0 Å². The molecule has 0 radical (unpaired) electrons. The third-order valence-corrected chi connectivity index (χ3v) is 4.27. The Kier molecular flexibility index (Phi) is 9.97. The summed E-state index contributed by atoms with van der Waals surface area (Å²) >= 11 is 3.04. The van der Waals surface area contributed by atoms with Crippen molar-refractivity contribution in [3.8, 4) is 0 Å². The highest BCUT2D eigenvalue weighted by Gasteiger charge is 2.22. The molecule has 1 aromatic rings. The second-order valence-electron chi connectivity index (χ2n) is 3.84. The lowest BCUT2D eigenvalue weighted by Gasteiger charge is -2.08. The molecule has 120 valence electrons. The maximum absolute atomic E-state index is 11.8. The number of amides is 1. The van der Waals surface area contributed by atoms with Gasteiger partial charge in [0.1, 0.15) is 5.01 Å². The lowest BCUT2D eigenvalue weighted by Crippen LogP contribution is -2.41. The van der Waals surface area contributed by atoms with Gasteiger partial charge in [0.05, 0.1) is 19.2 Å². The van der Waals surface area contributed by atoms with Crippen LogP contribution in [0, 0.1) is 0 Å². The van der Waals surface area contributed by atoms with Crippen molar-refractivity contribution in [3.05, 3.63) is 16.1 Å². The Balaban J connectivity index is 0.00000200. The van der Waals surface area contributed by atoms with Gasteiger partial charge in [-0.15, -0.1) is 47.9 Å². The van der Waals surface area contributed by atoms with E-state index < -0.39 is 5.97 Å². The topological polar surface area (TPSA) is 80.3 Å². The number of nitrogens with zero attached hydrogens (tertiary/aromatic N) is 1. The van der Waals surface area contributed by atoms with E-state index in [-0.39, 0.29) is 36.8 Å².